The molecule has 0 radical (unpaired) electrons. The highest BCUT2D eigenvalue weighted by Crippen LogP contribution is 2.32. The van der Waals surface area contributed by atoms with Crippen molar-refractivity contribution in [3.8, 4) is 0 Å². The van der Waals surface area contributed by atoms with E-state index >= 15 is 0 Å². The molecule has 0 fully saturated rings. The molecule has 0 unspecified atom stereocenters. The first kappa shape index (κ1) is 15.9. The van der Waals surface area contributed by atoms with Crippen molar-refractivity contribution in [1.82, 2.24) is 9.97 Å². The average molecular weight is 371 g/mol. The highest BCUT2D eigenvalue weighted by molar-refractivity contribution is 7.98. The van der Waals surface area contributed by atoms with Gasteiger partial charge in [-0.25, -0.2) is 4.98 Å². The summed E-state index contributed by atoms with van der Waals surface area (Å²) < 4.78 is 0. The number of nitrogens with one attached hydrogen (secondary N) is 1. The predicted molar refractivity (Wildman–Crippen MR) is 95.7 cm³/mol. The molecular formula is C15H12Cl2N2OS2. The van der Waals surface area contributed by atoms with Crippen molar-refractivity contribution >= 4 is 56.5 Å². The van der Waals surface area contributed by atoms with Crippen LogP contribution in [0.3, 0.4) is 0 Å². The monoisotopic (exact) mass is 370 g/mol. The second-order valence-electron chi connectivity index (χ2n) is 4.84. The topological polar surface area (TPSA) is 45.8 Å². The fraction of sp³-hybridized carbons (Fsp3) is 0.200. The molecule has 1 aromatic carbocycles. The van der Waals surface area contributed by atoms with Gasteiger partial charge in [-0.3, -0.25) is 4.79 Å². The molecule has 114 valence electrons. The normalized spacial score (nSPS) is 11.3. The van der Waals surface area contributed by atoms with Crippen LogP contribution >= 0.6 is 46.3 Å². The van der Waals surface area contributed by atoms with E-state index in [1.165, 1.54) is 11.8 Å². The second kappa shape index (κ2) is 6.24. The number of halogens is 2. The molecule has 2 heterocycles. The van der Waals surface area contributed by atoms with Crippen LogP contribution in [-0.4, -0.2) is 9.97 Å². The summed E-state index contributed by atoms with van der Waals surface area (Å²) in [6, 6.07) is 5.32. The number of H-pyrrole nitrogens is 1. The van der Waals surface area contributed by atoms with Crippen molar-refractivity contribution in [2.45, 2.75) is 24.5 Å². The zero-order valence-electron chi connectivity index (χ0n) is 11.9. The Morgan fingerprint density at radius 2 is 2.09 bits per heavy atom. The first-order valence-electron chi connectivity index (χ1n) is 6.52. The van der Waals surface area contributed by atoms with E-state index in [1.807, 2.05) is 19.9 Å². The van der Waals surface area contributed by atoms with Crippen LogP contribution in [-0.2, 0) is 5.75 Å². The van der Waals surface area contributed by atoms with Crippen molar-refractivity contribution in [2.24, 2.45) is 0 Å². The number of hydrogen-bond acceptors (Lipinski definition) is 4. The Kier molecular flexibility index (Phi) is 4.50. The Bertz CT molecular complexity index is 918. The first-order valence-corrected chi connectivity index (χ1v) is 9.08. The number of fused-ring (bicyclic) bond motifs is 1. The number of rotatable bonds is 3. The van der Waals surface area contributed by atoms with E-state index in [2.05, 4.69) is 9.97 Å². The molecule has 0 aliphatic carbocycles. The third-order valence-electron chi connectivity index (χ3n) is 3.35. The van der Waals surface area contributed by atoms with Crippen LogP contribution < -0.4 is 5.56 Å². The van der Waals surface area contributed by atoms with Crippen molar-refractivity contribution in [3.05, 3.63) is 54.9 Å². The predicted octanol–water partition coefficient (Wildman–Crippen LogP) is 5.20. The Morgan fingerprint density at radius 3 is 2.86 bits per heavy atom. The van der Waals surface area contributed by atoms with Crippen molar-refractivity contribution < 1.29 is 0 Å². The lowest BCUT2D eigenvalue weighted by molar-refractivity contribution is 1.04. The van der Waals surface area contributed by atoms with Gasteiger partial charge in [0.05, 0.1) is 16.2 Å². The number of aromatic nitrogens is 2. The zero-order chi connectivity index (χ0) is 15.9. The van der Waals surface area contributed by atoms with Gasteiger partial charge in [0.15, 0.2) is 0 Å². The van der Waals surface area contributed by atoms with Gasteiger partial charge in [0.25, 0.3) is 5.56 Å². The summed E-state index contributed by atoms with van der Waals surface area (Å²) in [5, 5.41) is 1.96. The molecule has 0 saturated heterocycles. The molecular weight excluding hydrogens is 359 g/mol. The van der Waals surface area contributed by atoms with Crippen LogP contribution in [0, 0.1) is 13.8 Å². The van der Waals surface area contributed by atoms with Crippen molar-refractivity contribution in [1.29, 1.82) is 0 Å². The number of hydrogen-bond donors (Lipinski definition) is 1. The third kappa shape index (κ3) is 3.04. The van der Waals surface area contributed by atoms with E-state index in [4.69, 9.17) is 23.2 Å². The minimum atomic E-state index is -0.0837. The number of nitrogens with zero attached hydrogens (tertiary/aromatic N) is 1. The summed E-state index contributed by atoms with van der Waals surface area (Å²) >= 11 is 15.2. The maximum Gasteiger partial charge on any atom is 0.259 e. The fourth-order valence-corrected chi connectivity index (χ4v) is 4.51. The van der Waals surface area contributed by atoms with E-state index < -0.39 is 0 Å². The molecule has 0 bridgehead atoms. The van der Waals surface area contributed by atoms with Gasteiger partial charge in [-0.05, 0) is 37.6 Å². The van der Waals surface area contributed by atoms with Crippen LogP contribution in [0.25, 0.3) is 10.2 Å². The van der Waals surface area contributed by atoms with E-state index in [1.54, 1.807) is 23.5 Å². The van der Waals surface area contributed by atoms with E-state index in [-0.39, 0.29) is 5.56 Å². The SMILES string of the molecule is Cc1sc2nc(CSc3cc(Cl)ccc3Cl)[nH]c(=O)c2c1C. The maximum atomic E-state index is 12.2. The Labute approximate surface area is 145 Å². The molecule has 3 nitrogen and oxygen atoms in total. The molecule has 3 aromatic rings. The Balaban J connectivity index is 1.91. The minimum absolute atomic E-state index is 0.0837. The standard InChI is InChI=1S/C15H12Cl2N2OS2/c1-7-8(2)22-15-13(7)14(20)18-12(19-15)6-21-11-5-9(16)3-4-10(11)17/h3-5H,6H2,1-2H3,(H,18,19,20). The van der Waals surface area contributed by atoms with Crippen LogP contribution in [0.2, 0.25) is 10.0 Å². The fourth-order valence-electron chi connectivity index (χ4n) is 2.10. The second-order valence-corrected chi connectivity index (χ2v) is 7.90. The molecule has 22 heavy (non-hydrogen) atoms. The van der Waals surface area contributed by atoms with Crippen LogP contribution in [0.4, 0.5) is 0 Å². The van der Waals surface area contributed by atoms with E-state index in [0.29, 0.717) is 27.0 Å². The minimum Gasteiger partial charge on any atom is -0.309 e. The van der Waals surface area contributed by atoms with Crippen molar-refractivity contribution in [2.75, 3.05) is 0 Å². The Hall–Kier alpha value is -1.01. The highest BCUT2D eigenvalue weighted by Gasteiger charge is 2.12. The molecule has 0 saturated carbocycles. The molecule has 0 atom stereocenters. The van der Waals surface area contributed by atoms with Gasteiger partial charge < -0.3 is 4.98 Å². The lowest BCUT2D eigenvalue weighted by atomic mass is 10.2. The van der Waals surface area contributed by atoms with Crippen LogP contribution in [0.15, 0.2) is 27.9 Å². The molecule has 0 amide bonds. The van der Waals surface area contributed by atoms with Gasteiger partial charge >= 0.3 is 0 Å². The molecule has 0 aliphatic heterocycles. The Morgan fingerprint density at radius 1 is 1.32 bits per heavy atom. The van der Waals surface area contributed by atoms with Crippen LogP contribution in [0.1, 0.15) is 16.3 Å². The smallest absolute Gasteiger partial charge is 0.259 e. The van der Waals surface area contributed by atoms with Gasteiger partial charge in [-0.15, -0.1) is 23.1 Å². The largest absolute Gasteiger partial charge is 0.309 e. The molecule has 0 spiro atoms. The summed E-state index contributed by atoms with van der Waals surface area (Å²) in [5.74, 6) is 1.17. The summed E-state index contributed by atoms with van der Waals surface area (Å²) in [6.45, 7) is 3.95. The van der Waals surface area contributed by atoms with Gasteiger partial charge in [-0.2, -0.15) is 0 Å². The average Bonchev–Trinajstić information content (AvgIpc) is 2.75. The quantitative estimate of drug-likeness (QED) is 0.644. The molecule has 1 N–H and O–H groups in total. The van der Waals surface area contributed by atoms with E-state index in [0.717, 1.165) is 20.2 Å². The lowest BCUT2D eigenvalue weighted by Gasteiger charge is -2.04. The summed E-state index contributed by atoms with van der Waals surface area (Å²) in [5.41, 5.74) is 0.922. The number of aromatic amines is 1. The highest BCUT2D eigenvalue weighted by atomic mass is 35.5. The lowest BCUT2D eigenvalue weighted by Crippen LogP contribution is -2.10. The number of aryl methyl sites for hydroxylation is 2. The molecule has 3 rings (SSSR count). The maximum absolute atomic E-state index is 12.2. The van der Waals surface area contributed by atoms with Gasteiger partial charge in [0, 0.05) is 14.8 Å². The summed E-state index contributed by atoms with van der Waals surface area (Å²) in [4.78, 5) is 22.4. The van der Waals surface area contributed by atoms with Gasteiger partial charge in [-0.1, -0.05) is 23.2 Å². The molecule has 2 aromatic heterocycles. The summed E-state index contributed by atoms with van der Waals surface area (Å²) in [7, 11) is 0. The van der Waals surface area contributed by atoms with E-state index in [9.17, 15) is 4.79 Å². The van der Waals surface area contributed by atoms with Crippen molar-refractivity contribution in [3.63, 3.8) is 0 Å². The van der Waals surface area contributed by atoms with Gasteiger partial charge in [0.1, 0.15) is 10.7 Å². The number of benzene rings is 1. The third-order valence-corrected chi connectivity index (χ3v) is 6.19. The molecule has 7 heteroatoms. The van der Waals surface area contributed by atoms with Gasteiger partial charge in [0.2, 0.25) is 0 Å². The summed E-state index contributed by atoms with van der Waals surface area (Å²) in [6.07, 6.45) is 0. The molecule has 0 aliphatic rings. The van der Waals surface area contributed by atoms with Crippen LogP contribution in [0.5, 0.6) is 0 Å². The number of thioether (sulfide) groups is 1. The number of thiophene rings is 1. The first-order chi connectivity index (χ1) is 10.5. The zero-order valence-corrected chi connectivity index (χ0v) is 15.0.